The van der Waals surface area contributed by atoms with E-state index in [0.717, 1.165) is 0 Å². The number of aromatic nitrogens is 1. The van der Waals surface area contributed by atoms with Crippen LogP contribution in [0, 0.1) is 23.2 Å². The molecule has 1 aromatic heterocycles. The van der Waals surface area contributed by atoms with E-state index in [-0.39, 0.29) is 17.1 Å². The van der Waals surface area contributed by atoms with Crippen LogP contribution in [0.3, 0.4) is 0 Å². The predicted octanol–water partition coefficient (Wildman–Crippen LogP) is 1.55. The lowest BCUT2D eigenvalue weighted by atomic mass is 10.2. The Morgan fingerprint density at radius 1 is 1.64 bits per heavy atom. The summed E-state index contributed by atoms with van der Waals surface area (Å²) in [7, 11) is 0. The number of hydrogen-bond acceptors (Lipinski definition) is 3. The second-order valence-electron chi connectivity index (χ2n) is 2.35. The highest BCUT2D eigenvalue weighted by atomic mass is 35.5. The Morgan fingerprint density at radius 3 is 3.07 bits per heavy atom. The number of nitriles is 1. The van der Waals surface area contributed by atoms with Crippen molar-refractivity contribution in [2.45, 2.75) is 6.42 Å². The minimum absolute atomic E-state index is 0.161. The average molecular weight is 205 g/mol. The highest BCUT2D eigenvalue weighted by molar-refractivity contribution is 6.30. The molecule has 4 heteroatoms. The maximum atomic E-state index is 9.98. The van der Waals surface area contributed by atoms with E-state index in [0.29, 0.717) is 11.8 Å². The summed E-state index contributed by atoms with van der Waals surface area (Å²) in [5.41, 5.74) is 0.859. The van der Waals surface area contributed by atoms with Crippen molar-refractivity contribution >= 4 is 17.9 Å². The summed E-state index contributed by atoms with van der Waals surface area (Å²) in [6, 6.07) is 3.43. The smallest absolute Gasteiger partial charge is 0.146 e. The third-order valence-electron chi connectivity index (χ3n) is 1.38. The van der Waals surface area contributed by atoms with Crippen LogP contribution in [0.15, 0.2) is 12.3 Å². The average Bonchev–Trinajstić information content (AvgIpc) is 2.21. The summed E-state index contributed by atoms with van der Waals surface area (Å²) in [6.45, 7) is 0. The SMILES string of the molecule is N#Cc1cc(C#CCC=O)cnc1Cl. The fourth-order valence-corrected chi connectivity index (χ4v) is 0.935. The van der Waals surface area contributed by atoms with Gasteiger partial charge < -0.3 is 4.79 Å². The normalized spacial score (nSPS) is 8.29. The number of pyridine rings is 1. The van der Waals surface area contributed by atoms with Gasteiger partial charge in [-0.15, -0.1) is 0 Å². The molecule has 0 aliphatic heterocycles. The van der Waals surface area contributed by atoms with E-state index in [1.165, 1.54) is 12.3 Å². The van der Waals surface area contributed by atoms with Crippen LogP contribution in [0.2, 0.25) is 5.15 Å². The summed E-state index contributed by atoms with van der Waals surface area (Å²) >= 11 is 5.62. The van der Waals surface area contributed by atoms with Crippen LogP contribution < -0.4 is 0 Å². The van der Waals surface area contributed by atoms with Gasteiger partial charge in [-0.1, -0.05) is 23.4 Å². The molecule has 0 radical (unpaired) electrons. The molecule has 0 unspecified atom stereocenters. The molecule has 68 valence electrons. The van der Waals surface area contributed by atoms with Crippen LogP contribution in [0.1, 0.15) is 17.5 Å². The first-order chi connectivity index (χ1) is 6.77. The Labute approximate surface area is 86.3 Å². The van der Waals surface area contributed by atoms with Gasteiger partial charge in [0.2, 0.25) is 0 Å². The van der Waals surface area contributed by atoms with E-state index in [1.807, 2.05) is 6.07 Å². The third-order valence-corrected chi connectivity index (χ3v) is 1.68. The Kier molecular flexibility index (Phi) is 3.67. The van der Waals surface area contributed by atoms with Gasteiger partial charge in [-0.3, -0.25) is 0 Å². The van der Waals surface area contributed by atoms with Crippen LogP contribution in [0.25, 0.3) is 0 Å². The Morgan fingerprint density at radius 2 is 2.43 bits per heavy atom. The highest BCUT2D eigenvalue weighted by Gasteiger charge is 2.00. The van der Waals surface area contributed by atoms with Crippen LogP contribution in [0.4, 0.5) is 0 Å². The van der Waals surface area contributed by atoms with Crippen LogP contribution >= 0.6 is 11.6 Å². The lowest BCUT2D eigenvalue weighted by Crippen LogP contribution is -1.85. The Hall–Kier alpha value is -1.84. The van der Waals surface area contributed by atoms with E-state index in [2.05, 4.69) is 16.8 Å². The first-order valence-electron chi connectivity index (χ1n) is 3.76. The molecule has 0 atom stereocenters. The van der Waals surface area contributed by atoms with Gasteiger partial charge in [0.15, 0.2) is 0 Å². The lowest BCUT2D eigenvalue weighted by Gasteiger charge is -1.93. The number of nitrogens with zero attached hydrogens (tertiary/aromatic N) is 2. The highest BCUT2D eigenvalue weighted by Crippen LogP contribution is 2.12. The van der Waals surface area contributed by atoms with Gasteiger partial charge >= 0.3 is 0 Å². The van der Waals surface area contributed by atoms with Gasteiger partial charge in [-0.2, -0.15) is 5.26 Å². The monoisotopic (exact) mass is 204 g/mol. The van der Waals surface area contributed by atoms with E-state index in [4.69, 9.17) is 16.9 Å². The van der Waals surface area contributed by atoms with E-state index in [1.54, 1.807) is 0 Å². The topological polar surface area (TPSA) is 53.8 Å². The van der Waals surface area contributed by atoms with E-state index in [9.17, 15) is 4.79 Å². The van der Waals surface area contributed by atoms with Crippen molar-refractivity contribution in [2.75, 3.05) is 0 Å². The first kappa shape index (κ1) is 10.2. The number of rotatable bonds is 1. The van der Waals surface area contributed by atoms with Crippen molar-refractivity contribution in [3.05, 3.63) is 28.5 Å². The zero-order chi connectivity index (χ0) is 10.4. The Balaban J connectivity index is 2.98. The number of hydrogen-bond donors (Lipinski definition) is 0. The third kappa shape index (κ3) is 2.58. The van der Waals surface area contributed by atoms with Gasteiger partial charge in [0.1, 0.15) is 17.5 Å². The fraction of sp³-hybridized carbons (Fsp3) is 0.100. The van der Waals surface area contributed by atoms with Crippen molar-refractivity contribution in [1.82, 2.24) is 4.98 Å². The van der Waals surface area contributed by atoms with Crippen LogP contribution in [-0.2, 0) is 4.79 Å². The predicted molar refractivity (Wildman–Crippen MR) is 51.5 cm³/mol. The minimum Gasteiger partial charge on any atom is -0.302 e. The molecular formula is C10H5ClN2O. The second-order valence-corrected chi connectivity index (χ2v) is 2.70. The van der Waals surface area contributed by atoms with Crippen molar-refractivity contribution in [1.29, 1.82) is 5.26 Å². The maximum absolute atomic E-state index is 9.98. The molecule has 0 spiro atoms. The van der Waals surface area contributed by atoms with Gasteiger partial charge in [-0.05, 0) is 6.07 Å². The standard InChI is InChI=1S/C10H5ClN2O/c11-10-9(6-12)5-8(7-13-10)3-1-2-4-14/h4-5,7H,2H2. The molecule has 0 aliphatic carbocycles. The van der Waals surface area contributed by atoms with Crippen molar-refractivity contribution in [2.24, 2.45) is 0 Å². The van der Waals surface area contributed by atoms with Crippen molar-refractivity contribution < 1.29 is 4.79 Å². The number of carbonyl (C=O) groups is 1. The van der Waals surface area contributed by atoms with E-state index >= 15 is 0 Å². The molecule has 0 amide bonds. The molecule has 0 N–H and O–H groups in total. The summed E-state index contributed by atoms with van der Waals surface area (Å²) in [5, 5.41) is 8.80. The van der Waals surface area contributed by atoms with Crippen LogP contribution in [0.5, 0.6) is 0 Å². The van der Waals surface area contributed by atoms with E-state index < -0.39 is 0 Å². The molecule has 14 heavy (non-hydrogen) atoms. The van der Waals surface area contributed by atoms with Gasteiger partial charge in [0, 0.05) is 11.8 Å². The molecule has 0 saturated heterocycles. The minimum atomic E-state index is 0.161. The van der Waals surface area contributed by atoms with Crippen molar-refractivity contribution in [3.63, 3.8) is 0 Å². The molecule has 0 bridgehead atoms. The zero-order valence-corrected chi connectivity index (χ0v) is 7.88. The molecule has 0 aromatic carbocycles. The molecule has 1 aromatic rings. The maximum Gasteiger partial charge on any atom is 0.146 e. The molecule has 3 nitrogen and oxygen atoms in total. The molecular weight excluding hydrogens is 200 g/mol. The van der Waals surface area contributed by atoms with Gasteiger partial charge in [0.25, 0.3) is 0 Å². The number of carbonyl (C=O) groups excluding carboxylic acids is 1. The summed E-state index contributed by atoms with van der Waals surface area (Å²) < 4.78 is 0. The largest absolute Gasteiger partial charge is 0.302 e. The lowest BCUT2D eigenvalue weighted by molar-refractivity contribution is -0.107. The number of halogens is 1. The fourth-order valence-electron chi connectivity index (χ4n) is 0.790. The molecule has 0 saturated carbocycles. The summed E-state index contributed by atoms with van der Waals surface area (Å²) in [5.74, 6) is 5.31. The summed E-state index contributed by atoms with van der Waals surface area (Å²) in [6.07, 6.45) is 2.34. The van der Waals surface area contributed by atoms with Gasteiger partial charge in [0.05, 0.1) is 12.0 Å². The number of aldehydes is 1. The molecule has 1 heterocycles. The quantitative estimate of drug-likeness (QED) is 0.396. The van der Waals surface area contributed by atoms with Crippen LogP contribution in [-0.4, -0.2) is 11.3 Å². The first-order valence-corrected chi connectivity index (χ1v) is 4.14. The molecule has 0 aliphatic rings. The van der Waals surface area contributed by atoms with Crippen molar-refractivity contribution in [3.8, 4) is 17.9 Å². The zero-order valence-electron chi connectivity index (χ0n) is 7.12. The second kappa shape index (κ2) is 5.01. The summed E-state index contributed by atoms with van der Waals surface area (Å²) in [4.78, 5) is 13.8. The van der Waals surface area contributed by atoms with Gasteiger partial charge in [-0.25, -0.2) is 4.98 Å². The molecule has 0 fully saturated rings. The molecule has 1 rings (SSSR count). The Bertz CT molecular complexity index is 451.